The van der Waals surface area contributed by atoms with Gasteiger partial charge in [-0.15, -0.1) is 0 Å². The van der Waals surface area contributed by atoms with Crippen LogP contribution < -0.4 is 15.6 Å². The molecular formula is C52H37N5Si. The molecule has 0 unspecified atom stereocenters. The average molecular weight is 760 g/mol. The molecule has 0 saturated heterocycles. The molecule has 0 aliphatic carbocycles. The third kappa shape index (κ3) is 5.41. The summed E-state index contributed by atoms with van der Waals surface area (Å²) in [6.07, 6.45) is 1.62. The van der Waals surface area contributed by atoms with Crippen LogP contribution in [-0.4, -0.2) is 32.2 Å². The molecule has 5 nitrogen and oxygen atoms in total. The maximum atomic E-state index is 4.97. The van der Waals surface area contributed by atoms with Crippen LogP contribution in [0.5, 0.6) is 0 Å². The number of para-hydroxylation sites is 3. The van der Waals surface area contributed by atoms with Gasteiger partial charge in [-0.25, -0.2) is 15.0 Å². The Balaban J connectivity index is 0.937. The molecule has 8 aromatic carbocycles. The molecule has 3 heterocycles. The van der Waals surface area contributed by atoms with Gasteiger partial charge in [-0.3, -0.25) is 0 Å². The molecule has 0 bridgehead atoms. The van der Waals surface area contributed by atoms with Crippen LogP contribution in [0, 0.1) is 0 Å². The summed E-state index contributed by atoms with van der Waals surface area (Å²) in [5, 5.41) is 9.04. The topological polar surface area (TPSA) is 48.5 Å². The van der Waals surface area contributed by atoms with E-state index >= 15 is 0 Å². The van der Waals surface area contributed by atoms with Crippen molar-refractivity contribution < 1.29 is 0 Å². The molecule has 11 rings (SSSR count). The summed E-state index contributed by atoms with van der Waals surface area (Å²) in [6.45, 7) is 2.43. The van der Waals surface area contributed by atoms with E-state index in [9.17, 15) is 0 Å². The maximum absolute atomic E-state index is 4.97. The van der Waals surface area contributed by atoms with Crippen LogP contribution >= 0.6 is 0 Å². The van der Waals surface area contributed by atoms with E-state index in [1.54, 1.807) is 6.33 Å². The number of hydrogen-bond acceptors (Lipinski definition) is 3. The highest BCUT2D eigenvalue weighted by Crippen LogP contribution is 2.37. The molecule has 0 N–H and O–H groups in total. The predicted molar refractivity (Wildman–Crippen MR) is 243 cm³/mol. The van der Waals surface area contributed by atoms with Gasteiger partial charge in [0.15, 0.2) is 11.6 Å². The molecule has 0 atom stereocenters. The molecule has 58 heavy (non-hydrogen) atoms. The van der Waals surface area contributed by atoms with E-state index in [1.165, 1.54) is 48.1 Å². The second kappa shape index (κ2) is 13.7. The van der Waals surface area contributed by atoms with Gasteiger partial charge in [0.25, 0.3) is 0 Å². The first-order valence-corrected chi connectivity index (χ1v) is 22.2. The van der Waals surface area contributed by atoms with Crippen LogP contribution in [0.3, 0.4) is 0 Å². The van der Waals surface area contributed by atoms with Crippen LogP contribution in [0.4, 0.5) is 0 Å². The number of hydrogen-bond donors (Lipinski definition) is 0. The van der Waals surface area contributed by atoms with Crippen molar-refractivity contribution in [1.29, 1.82) is 0 Å². The molecule has 11 aromatic rings. The normalized spacial score (nSPS) is 11.9. The highest BCUT2D eigenvalue weighted by atomic mass is 28.3. The average Bonchev–Trinajstić information content (AvgIpc) is 3.82. The fraction of sp³-hybridized carbons (Fsp3) is 0.0192. The lowest BCUT2D eigenvalue weighted by molar-refractivity contribution is 1.06. The molecule has 0 fully saturated rings. The smallest absolute Gasteiger partial charge is 0.163 e. The lowest BCUT2D eigenvalue weighted by atomic mass is 10.1. The molecule has 274 valence electrons. The van der Waals surface area contributed by atoms with E-state index in [-0.39, 0.29) is 0 Å². The molecule has 6 heteroatoms. The number of aromatic nitrogens is 5. The van der Waals surface area contributed by atoms with Crippen molar-refractivity contribution in [2.45, 2.75) is 6.55 Å². The van der Waals surface area contributed by atoms with Crippen LogP contribution in [0.1, 0.15) is 0 Å². The first-order chi connectivity index (χ1) is 28.6. The number of nitrogens with zero attached hydrogens (tertiary/aromatic N) is 5. The summed E-state index contributed by atoms with van der Waals surface area (Å²) in [7, 11) is -2.22. The van der Waals surface area contributed by atoms with Gasteiger partial charge in [0.05, 0.1) is 22.1 Å². The third-order valence-electron chi connectivity index (χ3n) is 11.9. The van der Waals surface area contributed by atoms with Gasteiger partial charge in [-0.2, -0.15) is 0 Å². The molecule has 0 radical (unpaired) electrons. The lowest BCUT2D eigenvalue weighted by Crippen LogP contribution is -2.64. The predicted octanol–water partition coefficient (Wildman–Crippen LogP) is 10.5. The zero-order chi connectivity index (χ0) is 38.6. The molecule has 0 spiro atoms. The number of benzene rings is 8. The molecule has 0 aliphatic rings. The largest absolute Gasteiger partial charge is 0.309 e. The standard InChI is InChI=1S/C52H37N5Si/c1-58(40-14-4-2-5-15-40,41-16-6-3-7-17-41)42-31-26-37(27-32-42)52-54-35-53-51(55-52)36-24-28-38(29-25-36)56-49-23-13-10-20-45(49)46-34-39(30-33-50(46)56)57-47-21-11-8-18-43(47)44-19-9-12-22-48(44)57/h2-35H,1H3. The Hall–Kier alpha value is -7.41. The SMILES string of the molecule is C[Si](c1ccccc1)(c1ccccc1)c1ccc(-c2ncnc(-c3ccc(-n4c5ccccc5c5cc(-n6c7ccccc7c7ccccc76)ccc54)cc3)n2)cc1. The lowest BCUT2D eigenvalue weighted by Gasteiger charge is -2.29. The summed E-state index contributed by atoms with van der Waals surface area (Å²) in [4.78, 5) is 14.2. The zero-order valence-electron chi connectivity index (χ0n) is 31.9. The molecule has 0 amide bonds. The van der Waals surface area contributed by atoms with Crippen molar-refractivity contribution in [2.24, 2.45) is 0 Å². The van der Waals surface area contributed by atoms with Crippen molar-refractivity contribution in [3.63, 3.8) is 0 Å². The number of rotatable bonds is 7. The van der Waals surface area contributed by atoms with Gasteiger partial charge < -0.3 is 9.13 Å². The highest BCUT2D eigenvalue weighted by Gasteiger charge is 2.34. The van der Waals surface area contributed by atoms with Crippen molar-refractivity contribution in [1.82, 2.24) is 24.1 Å². The van der Waals surface area contributed by atoms with Crippen molar-refractivity contribution >= 4 is 67.2 Å². The van der Waals surface area contributed by atoms with Crippen LogP contribution in [0.2, 0.25) is 6.55 Å². The Bertz CT molecular complexity index is 3190. The minimum Gasteiger partial charge on any atom is -0.309 e. The third-order valence-corrected chi connectivity index (χ3v) is 16.3. The molecule has 0 aliphatic heterocycles. The van der Waals surface area contributed by atoms with Crippen LogP contribution in [0.15, 0.2) is 207 Å². The summed E-state index contributed by atoms with van der Waals surface area (Å²) >= 11 is 0. The fourth-order valence-electron chi connectivity index (χ4n) is 8.91. The quantitative estimate of drug-likeness (QED) is 0.120. The second-order valence-electron chi connectivity index (χ2n) is 15.0. The van der Waals surface area contributed by atoms with E-state index in [1.807, 2.05) is 0 Å². The summed E-state index contributed by atoms with van der Waals surface area (Å²) in [5.41, 5.74) is 8.85. The Morgan fingerprint density at radius 3 is 1.29 bits per heavy atom. The van der Waals surface area contributed by atoms with E-state index in [0.717, 1.165) is 33.5 Å². The van der Waals surface area contributed by atoms with Gasteiger partial charge in [0.1, 0.15) is 14.4 Å². The van der Waals surface area contributed by atoms with Gasteiger partial charge >= 0.3 is 0 Å². The Kier molecular flexibility index (Phi) is 7.98. The number of fused-ring (bicyclic) bond motifs is 6. The molecular weight excluding hydrogens is 723 g/mol. The molecule has 0 saturated carbocycles. The summed E-state index contributed by atoms with van der Waals surface area (Å²) in [5.74, 6) is 1.30. The minimum atomic E-state index is -2.22. The van der Waals surface area contributed by atoms with Gasteiger partial charge in [-0.1, -0.05) is 146 Å². The Morgan fingerprint density at radius 1 is 0.362 bits per heavy atom. The van der Waals surface area contributed by atoms with Gasteiger partial charge in [0, 0.05) is 44.0 Å². The van der Waals surface area contributed by atoms with E-state index in [2.05, 4.69) is 226 Å². The first-order valence-electron chi connectivity index (χ1n) is 19.7. The Morgan fingerprint density at radius 2 is 0.759 bits per heavy atom. The van der Waals surface area contributed by atoms with Crippen molar-refractivity contribution in [2.75, 3.05) is 0 Å². The first kappa shape index (κ1) is 33.9. The van der Waals surface area contributed by atoms with E-state index in [4.69, 9.17) is 4.98 Å². The monoisotopic (exact) mass is 759 g/mol. The van der Waals surface area contributed by atoms with Crippen LogP contribution in [0.25, 0.3) is 77.8 Å². The van der Waals surface area contributed by atoms with Crippen molar-refractivity contribution in [3.05, 3.63) is 207 Å². The summed E-state index contributed by atoms with van der Waals surface area (Å²) < 4.78 is 4.74. The molecule has 3 aromatic heterocycles. The summed E-state index contributed by atoms with van der Waals surface area (Å²) in [6, 6.07) is 72.1. The second-order valence-corrected chi connectivity index (χ2v) is 19.0. The van der Waals surface area contributed by atoms with Crippen LogP contribution in [-0.2, 0) is 0 Å². The Labute approximate surface area is 337 Å². The maximum Gasteiger partial charge on any atom is 0.163 e. The zero-order valence-corrected chi connectivity index (χ0v) is 32.9. The van der Waals surface area contributed by atoms with E-state index in [0.29, 0.717) is 11.6 Å². The highest BCUT2D eigenvalue weighted by molar-refractivity contribution is 7.10. The minimum absolute atomic E-state index is 0.645. The van der Waals surface area contributed by atoms with Gasteiger partial charge in [-0.05, 0) is 76.2 Å². The van der Waals surface area contributed by atoms with Gasteiger partial charge in [0.2, 0.25) is 0 Å². The van der Waals surface area contributed by atoms with E-state index < -0.39 is 8.07 Å². The van der Waals surface area contributed by atoms with Crippen molar-refractivity contribution in [3.8, 4) is 34.2 Å². The fourth-order valence-corrected chi connectivity index (χ4v) is 12.5.